The van der Waals surface area contributed by atoms with Gasteiger partial charge in [-0.15, -0.1) is 0 Å². The Morgan fingerprint density at radius 3 is 2.67 bits per heavy atom. The Hall–Kier alpha value is -1.89. The summed E-state index contributed by atoms with van der Waals surface area (Å²) in [5.41, 5.74) is 0.743. The summed E-state index contributed by atoms with van der Waals surface area (Å²) < 4.78 is 26.7. The van der Waals surface area contributed by atoms with E-state index < -0.39 is 11.6 Å². The molecule has 0 radical (unpaired) electrons. The lowest BCUT2D eigenvalue weighted by Gasteiger charge is -2.21. The fourth-order valence-corrected chi connectivity index (χ4v) is 3.90. The third kappa shape index (κ3) is 7.74. The molecule has 0 spiro atoms. The normalized spacial score (nSPS) is 18.2. The molecular weight excluding hydrogens is 384 g/mol. The Balaban J connectivity index is 1.81. The highest BCUT2D eigenvalue weighted by Crippen LogP contribution is 2.25. The zero-order chi connectivity index (χ0) is 21.9. The van der Waals surface area contributed by atoms with Crippen LogP contribution < -0.4 is 15.5 Å². The molecule has 1 fully saturated rings. The average Bonchev–Trinajstić information content (AvgIpc) is 3.21. The molecule has 0 aromatic heterocycles. The monoisotopic (exact) mass is 423 g/mol. The SMILES string of the molecule is CCNC(=NCC1CCN(c2ccc(F)c(F)c2)C1)NC(C)CCCN(CC)CC. The number of hydrogen-bond acceptors (Lipinski definition) is 3. The lowest BCUT2D eigenvalue weighted by atomic mass is 10.1. The number of guanidine groups is 1. The Morgan fingerprint density at radius 1 is 1.23 bits per heavy atom. The molecule has 0 aliphatic carbocycles. The van der Waals surface area contributed by atoms with Crippen LogP contribution in [0, 0.1) is 17.6 Å². The molecule has 30 heavy (non-hydrogen) atoms. The van der Waals surface area contributed by atoms with Crippen LogP contribution in [0.1, 0.15) is 47.0 Å². The summed E-state index contributed by atoms with van der Waals surface area (Å²) in [6.07, 6.45) is 3.27. The Labute approximate surface area is 180 Å². The second-order valence-electron chi connectivity index (χ2n) is 8.13. The van der Waals surface area contributed by atoms with Crippen molar-refractivity contribution in [2.45, 2.75) is 53.0 Å². The molecule has 1 aliphatic heterocycles. The largest absolute Gasteiger partial charge is 0.371 e. The first-order valence-electron chi connectivity index (χ1n) is 11.4. The van der Waals surface area contributed by atoms with Gasteiger partial charge in [-0.05, 0) is 70.8 Å². The standard InChI is InChI=1S/C23H39F2N5/c1-5-26-23(28-18(4)9-8-13-29(6-2)7-3)27-16-19-12-14-30(17-19)20-10-11-21(24)22(25)15-20/h10-11,15,18-19H,5-9,12-14,16-17H2,1-4H3,(H2,26,27,28). The van der Waals surface area contributed by atoms with Crippen LogP contribution in [0.2, 0.25) is 0 Å². The topological polar surface area (TPSA) is 42.9 Å². The summed E-state index contributed by atoms with van der Waals surface area (Å²) in [7, 11) is 0. The summed E-state index contributed by atoms with van der Waals surface area (Å²) in [4.78, 5) is 9.35. The number of hydrogen-bond donors (Lipinski definition) is 2. The molecule has 2 atom stereocenters. The van der Waals surface area contributed by atoms with Gasteiger partial charge in [-0.1, -0.05) is 13.8 Å². The minimum Gasteiger partial charge on any atom is -0.371 e. The number of nitrogens with zero attached hydrogens (tertiary/aromatic N) is 3. The van der Waals surface area contributed by atoms with Crippen molar-refractivity contribution >= 4 is 11.6 Å². The van der Waals surface area contributed by atoms with Gasteiger partial charge in [0.05, 0.1) is 0 Å². The van der Waals surface area contributed by atoms with E-state index in [-0.39, 0.29) is 0 Å². The Morgan fingerprint density at radius 2 is 2.00 bits per heavy atom. The van der Waals surface area contributed by atoms with Crippen molar-refractivity contribution in [2.24, 2.45) is 10.9 Å². The molecule has 0 bridgehead atoms. The van der Waals surface area contributed by atoms with Crippen molar-refractivity contribution in [3.63, 3.8) is 0 Å². The first-order valence-corrected chi connectivity index (χ1v) is 11.4. The molecule has 7 heteroatoms. The smallest absolute Gasteiger partial charge is 0.191 e. The summed E-state index contributed by atoms with van der Waals surface area (Å²) in [5, 5.41) is 6.86. The van der Waals surface area contributed by atoms with Crippen LogP contribution in [-0.4, -0.2) is 62.7 Å². The van der Waals surface area contributed by atoms with Crippen LogP contribution in [0.3, 0.4) is 0 Å². The molecule has 1 aromatic rings. The van der Waals surface area contributed by atoms with Gasteiger partial charge < -0.3 is 20.4 Å². The van der Waals surface area contributed by atoms with E-state index in [0.29, 0.717) is 12.0 Å². The molecule has 0 amide bonds. The number of nitrogens with one attached hydrogen (secondary N) is 2. The van der Waals surface area contributed by atoms with E-state index in [2.05, 4.69) is 48.1 Å². The molecule has 1 aliphatic rings. The van der Waals surface area contributed by atoms with E-state index >= 15 is 0 Å². The van der Waals surface area contributed by atoms with Gasteiger partial charge in [0.15, 0.2) is 17.6 Å². The summed E-state index contributed by atoms with van der Waals surface area (Å²) in [6, 6.07) is 4.49. The van der Waals surface area contributed by atoms with Crippen LogP contribution in [0.5, 0.6) is 0 Å². The van der Waals surface area contributed by atoms with Crippen molar-refractivity contribution in [1.82, 2.24) is 15.5 Å². The minimum atomic E-state index is -0.799. The summed E-state index contributed by atoms with van der Waals surface area (Å²) >= 11 is 0. The van der Waals surface area contributed by atoms with Gasteiger partial charge in [-0.25, -0.2) is 8.78 Å². The third-order valence-corrected chi connectivity index (χ3v) is 5.80. The van der Waals surface area contributed by atoms with Crippen LogP contribution >= 0.6 is 0 Å². The van der Waals surface area contributed by atoms with Crippen molar-refractivity contribution in [3.8, 4) is 0 Å². The van der Waals surface area contributed by atoms with Crippen LogP contribution in [0.4, 0.5) is 14.5 Å². The van der Waals surface area contributed by atoms with Crippen LogP contribution in [0.15, 0.2) is 23.2 Å². The van der Waals surface area contributed by atoms with Crippen molar-refractivity contribution in [1.29, 1.82) is 0 Å². The van der Waals surface area contributed by atoms with Crippen molar-refractivity contribution < 1.29 is 8.78 Å². The maximum Gasteiger partial charge on any atom is 0.191 e. The zero-order valence-corrected chi connectivity index (χ0v) is 19.1. The van der Waals surface area contributed by atoms with Gasteiger partial charge in [0.2, 0.25) is 0 Å². The molecule has 2 unspecified atom stereocenters. The Bertz CT molecular complexity index is 663. The van der Waals surface area contributed by atoms with Gasteiger partial charge in [0.25, 0.3) is 0 Å². The number of rotatable bonds is 11. The average molecular weight is 424 g/mol. The summed E-state index contributed by atoms with van der Waals surface area (Å²) in [5.74, 6) is -0.320. The molecule has 170 valence electrons. The highest BCUT2D eigenvalue weighted by atomic mass is 19.2. The molecule has 1 saturated heterocycles. The third-order valence-electron chi connectivity index (χ3n) is 5.80. The first kappa shape index (κ1) is 24.4. The van der Waals surface area contributed by atoms with Crippen LogP contribution in [0.25, 0.3) is 0 Å². The maximum absolute atomic E-state index is 13.5. The predicted octanol–water partition coefficient (Wildman–Crippen LogP) is 3.86. The molecule has 1 aromatic carbocycles. The van der Waals surface area contributed by atoms with Gasteiger partial charge in [0.1, 0.15) is 0 Å². The quantitative estimate of drug-likeness (QED) is 0.419. The maximum atomic E-state index is 13.5. The number of benzene rings is 1. The minimum absolute atomic E-state index is 0.362. The second kappa shape index (κ2) is 12.7. The van der Waals surface area contributed by atoms with Gasteiger partial charge >= 0.3 is 0 Å². The summed E-state index contributed by atoms with van der Waals surface area (Å²) in [6.45, 7) is 15.2. The van der Waals surface area contributed by atoms with Crippen molar-refractivity contribution in [3.05, 3.63) is 29.8 Å². The highest BCUT2D eigenvalue weighted by Gasteiger charge is 2.23. The molecule has 2 N–H and O–H groups in total. The lowest BCUT2D eigenvalue weighted by molar-refractivity contribution is 0.292. The highest BCUT2D eigenvalue weighted by molar-refractivity contribution is 5.80. The zero-order valence-electron chi connectivity index (χ0n) is 19.1. The Kier molecular flexibility index (Phi) is 10.3. The predicted molar refractivity (Wildman–Crippen MR) is 122 cm³/mol. The fourth-order valence-electron chi connectivity index (χ4n) is 3.90. The van der Waals surface area contributed by atoms with E-state index in [9.17, 15) is 8.78 Å². The fraction of sp³-hybridized carbons (Fsp3) is 0.696. The number of halogens is 2. The van der Waals surface area contributed by atoms with Gasteiger partial charge in [0, 0.05) is 44.0 Å². The van der Waals surface area contributed by atoms with Gasteiger partial charge in [-0.3, -0.25) is 4.99 Å². The number of aliphatic imine (C=N–C) groups is 1. The van der Waals surface area contributed by atoms with Crippen LogP contribution in [-0.2, 0) is 0 Å². The van der Waals surface area contributed by atoms with Gasteiger partial charge in [-0.2, -0.15) is 0 Å². The van der Waals surface area contributed by atoms with E-state index in [1.165, 1.54) is 18.6 Å². The van der Waals surface area contributed by atoms with E-state index in [1.54, 1.807) is 6.07 Å². The first-order chi connectivity index (χ1) is 14.5. The van der Waals surface area contributed by atoms with E-state index in [4.69, 9.17) is 4.99 Å². The molecule has 2 rings (SSSR count). The molecule has 1 heterocycles. The molecule has 5 nitrogen and oxygen atoms in total. The lowest BCUT2D eigenvalue weighted by Crippen LogP contribution is -2.42. The second-order valence-corrected chi connectivity index (χ2v) is 8.13. The number of anilines is 1. The van der Waals surface area contributed by atoms with Crippen molar-refractivity contribution in [2.75, 3.05) is 50.7 Å². The molecular formula is C23H39F2N5. The van der Waals surface area contributed by atoms with E-state index in [0.717, 1.165) is 70.3 Å². The molecule has 0 saturated carbocycles. The van der Waals surface area contributed by atoms with E-state index in [1.807, 2.05) is 0 Å².